The van der Waals surface area contributed by atoms with Gasteiger partial charge >= 0.3 is 18.0 Å². The molecule has 22 nitrogen and oxygen atoms in total. The van der Waals surface area contributed by atoms with Crippen LogP contribution in [0.2, 0.25) is 0 Å². The number of hydrogen-bond donors (Lipinski definition) is 15. The van der Waals surface area contributed by atoms with Gasteiger partial charge in [0.2, 0.25) is 0 Å². The van der Waals surface area contributed by atoms with Crippen LogP contribution in [-0.2, 0) is 23.7 Å². The molecule has 0 aliphatic carbocycles. The average Bonchev–Trinajstić information content (AvgIpc) is 3.28. The van der Waals surface area contributed by atoms with Crippen LogP contribution in [0.15, 0.2) is 72.9 Å². The molecule has 0 aromatic rings. The van der Waals surface area contributed by atoms with E-state index in [0.29, 0.717) is 0 Å². The molecular weight excluding hydrogens is 919 g/mol. The molecule has 0 aromatic carbocycles. The molecule has 2 saturated heterocycles. The van der Waals surface area contributed by atoms with Crippen molar-refractivity contribution in [2.45, 2.75) is 196 Å². The van der Waals surface area contributed by atoms with Crippen molar-refractivity contribution in [1.82, 2.24) is 16.2 Å². The molecule has 0 spiro atoms. The third-order valence-corrected chi connectivity index (χ3v) is 12.2. The monoisotopic (exact) mass is 1000 g/mol. The van der Waals surface area contributed by atoms with E-state index in [2.05, 4.69) is 5.32 Å². The van der Waals surface area contributed by atoms with Gasteiger partial charge in [-0.1, -0.05) is 86.8 Å². The summed E-state index contributed by atoms with van der Waals surface area (Å²) in [6.07, 6.45) is 1.51. The third kappa shape index (κ3) is 22.1. The van der Waals surface area contributed by atoms with Crippen molar-refractivity contribution in [3.8, 4) is 0 Å². The Morgan fingerprint density at radius 2 is 1.43 bits per heavy atom. The first-order chi connectivity index (χ1) is 32.9. The zero-order valence-corrected chi connectivity index (χ0v) is 41.0. The van der Waals surface area contributed by atoms with Gasteiger partial charge in [0.05, 0.1) is 85.6 Å². The maximum atomic E-state index is 12.7. The first kappa shape index (κ1) is 62.0. The topological polar surface area (TPSA) is 379 Å². The van der Waals surface area contributed by atoms with Gasteiger partial charge in [-0.2, -0.15) is 0 Å². The molecule has 17 N–H and O–H groups in total. The number of primary amides is 1. The van der Waals surface area contributed by atoms with Gasteiger partial charge in [0, 0.05) is 37.5 Å². The SMILES string of the molecule is C/C=C/C=C/C=C/C=C/C=C/[C@H](C)[C@@H](O)[C@@H](C)[C@H](C)OC(=O)C[C@H](O)C[C@H](O)CC[C@@H](O)[C@H](O)C[C@H](O)C[C@]1(O)C[C@H](O)[C@@H](NC(=O)NNC(N)=O)[C@H](C[C@H](/C=C/C)O[C@@H]2O[C@H](C)[C@@H](O)[C@H](N)[C@@H]2O)O1. The smallest absolute Gasteiger partial charge is 0.333 e. The molecule has 2 rings (SSSR count). The van der Waals surface area contributed by atoms with Gasteiger partial charge in [-0.25, -0.2) is 20.4 Å². The van der Waals surface area contributed by atoms with Gasteiger partial charge in [0.1, 0.15) is 12.2 Å². The van der Waals surface area contributed by atoms with Crippen molar-refractivity contribution < 1.29 is 84.4 Å². The molecule has 400 valence electrons. The fourth-order valence-corrected chi connectivity index (χ4v) is 8.02. The lowest BCUT2D eigenvalue weighted by Gasteiger charge is -2.46. The standard InChI is InChI=1S/C48H81N5O17/c1-7-9-10-11-12-13-14-15-16-18-27(3)42(61)28(4)29(5)67-39(60)23-32(55)21-31(54)19-20-35(57)36(58)22-33(56)25-48(66)26-37(59)41(51-47(65)53-52-46(50)64)38(70-48)24-34(17-8-2)69-45-44(63)40(49)43(62)30(6)68-45/h7-18,27-38,40-45,54-59,61-63,66H,19-26,49H2,1-6H3,(H3,50,52,64)(H2,51,53,65)/b9-7+,11-10+,13-12+,15-14+,17-8+,18-16+/t27-,28-,29-,30+,31+,32+,33-,34-,35+,36+,37-,38-,40-,41+,42+,43+,44-,45-,48+/m0/s1. The lowest BCUT2D eigenvalue weighted by molar-refractivity contribution is -0.303. The number of aliphatic hydroxyl groups excluding tert-OH is 9. The molecule has 2 aliphatic heterocycles. The number of nitrogens with one attached hydrogen (secondary N) is 3. The maximum Gasteiger partial charge on any atom is 0.333 e. The summed E-state index contributed by atoms with van der Waals surface area (Å²) in [6.45, 7) is 10.3. The molecule has 0 unspecified atom stereocenters. The summed E-state index contributed by atoms with van der Waals surface area (Å²) in [5.74, 6) is -3.75. The van der Waals surface area contributed by atoms with Crippen LogP contribution in [-0.4, -0.2) is 173 Å². The van der Waals surface area contributed by atoms with Crippen molar-refractivity contribution >= 4 is 18.0 Å². The number of amides is 4. The molecule has 70 heavy (non-hydrogen) atoms. The lowest BCUT2D eigenvalue weighted by Crippen LogP contribution is -2.64. The molecule has 0 bridgehead atoms. The van der Waals surface area contributed by atoms with E-state index in [0.717, 1.165) is 0 Å². The van der Waals surface area contributed by atoms with Gasteiger partial charge in [0.15, 0.2) is 12.1 Å². The second-order valence-corrected chi connectivity index (χ2v) is 18.2. The van der Waals surface area contributed by atoms with E-state index in [-0.39, 0.29) is 31.6 Å². The van der Waals surface area contributed by atoms with Gasteiger partial charge in [-0.3, -0.25) is 4.79 Å². The van der Waals surface area contributed by atoms with E-state index in [9.17, 15) is 65.4 Å². The van der Waals surface area contributed by atoms with E-state index < -0.39 is 153 Å². The minimum absolute atomic E-state index is 0.119. The lowest BCUT2D eigenvalue weighted by atomic mass is 9.87. The Hall–Kier alpha value is -4.11. The number of rotatable bonds is 27. The van der Waals surface area contributed by atoms with E-state index >= 15 is 0 Å². The zero-order valence-electron chi connectivity index (χ0n) is 41.0. The van der Waals surface area contributed by atoms with Crippen molar-refractivity contribution in [3.63, 3.8) is 0 Å². The summed E-state index contributed by atoms with van der Waals surface area (Å²) in [7, 11) is 0. The van der Waals surface area contributed by atoms with Gasteiger partial charge in [-0.05, 0) is 47.0 Å². The van der Waals surface area contributed by atoms with Crippen LogP contribution in [0.4, 0.5) is 9.59 Å². The third-order valence-electron chi connectivity index (χ3n) is 12.2. The fraction of sp³-hybridized carbons (Fsp3) is 0.688. The number of esters is 1. The average molecular weight is 1000 g/mol. The molecule has 2 aliphatic rings. The summed E-state index contributed by atoms with van der Waals surface area (Å²) in [4.78, 5) is 36.5. The maximum absolute atomic E-state index is 12.7. The van der Waals surface area contributed by atoms with Crippen LogP contribution in [0.25, 0.3) is 0 Å². The number of nitrogens with two attached hydrogens (primary N) is 2. The molecular formula is C48H81N5O17. The predicted octanol–water partition coefficient (Wildman–Crippen LogP) is -0.268. The number of carbonyl (C=O) groups is 3. The van der Waals surface area contributed by atoms with E-state index in [1.807, 2.05) is 85.5 Å². The van der Waals surface area contributed by atoms with Crippen LogP contribution in [0.3, 0.4) is 0 Å². The largest absolute Gasteiger partial charge is 0.462 e. The van der Waals surface area contributed by atoms with Crippen molar-refractivity contribution in [1.29, 1.82) is 0 Å². The van der Waals surface area contributed by atoms with Crippen molar-refractivity contribution in [3.05, 3.63) is 72.9 Å². The fourth-order valence-electron chi connectivity index (χ4n) is 8.02. The molecule has 0 radical (unpaired) electrons. The Kier molecular flexibility index (Phi) is 27.8. The molecule has 2 fully saturated rings. The Bertz CT molecular complexity index is 1750. The Labute approximate surface area is 410 Å². The highest BCUT2D eigenvalue weighted by molar-refractivity contribution is 5.79. The van der Waals surface area contributed by atoms with E-state index in [1.165, 1.54) is 13.0 Å². The normalized spacial score (nSPS) is 30.0. The number of ether oxygens (including phenoxy) is 4. The molecule has 4 amide bonds. The molecule has 0 saturated carbocycles. The van der Waals surface area contributed by atoms with Crippen LogP contribution in [0.1, 0.15) is 92.9 Å². The second-order valence-electron chi connectivity index (χ2n) is 18.2. The summed E-state index contributed by atoms with van der Waals surface area (Å²) < 4.78 is 23.1. The second kappa shape index (κ2) is 31.4. The van der Waals surface area contributed by atoms with Crippen LogP contribution >= 0.6 is 0 Å². The zero-order chi connectivity index (χ0) is 52.7. The quantitative estimate of drug-likeness (QED) is 0.0218. The minimum atomic E-state index is -2.30. The Morgan fingerprint density at radius 1 is 0.800 bits per heavy atom. The summed E-state index contributed by atoms with van der Waals surface area (Å²) >= 11 is 0. The minimum Gasteiger partial charge on any atom is -0.462 e. The summed E-state index contributed by atoms with van der Waals surface area (Å²) in [5, 5.41) is 111. The number of hydrogen-bond acceptors (Lipinski definition) is 18. The Morgan fingerprint density at radius 3 is 2.04 bits per heavy atom. The van der Waals surface area contributed by atoms with E-state index in [4.69, 9.17) is 30.4 Å². The molecule has 22 heteroatoms. The van der Waals surface area contributed by atoms with Crippen molar-refractivity contribution in [2.75, 3.05) is 0 Å². The molecule has 2 heterocycles. The van der Waals surface area contributed by atoms with E-state index in [1.54, 1.807) is 26.8 Å². The van der Waals surface area contributed by atoms with Crippen LogP contribution in [0, 0.1) is 11.8 Å². The van der Waals surface area contributed by atoms with Crippen molar-refractivity contribution in [2.24, 2.45) is 23.3 Å². The summed E-state index contributed by atoms with van der Waals surface area (Å²) in [5.41, 5.74) is 14.9. The van der Waals surface area contributed by atoms with Gasteiger partial charge < -0.3 is 86.8 Å². The highest BCUT2D eigenvalue weighted by Gasteiger charge is 2.49. The molecule has 19 atom stereocenters. The first-order valence-corrected chi connectivity index (χ1v) is 23.7. The number of allylic oxidation sites excluding steroid dienone is 10. The number of hydrazine groups is 1. The molecule has 0 aromatic heterocycles. The number of aliphatic hydroxyl groups is 10. The van der Waals surface area contributed by atoms with Gasteiger partial charge in [-0.15, -0.1) is 0 Å². The predicted molar refractivity (Wildman–Crippen MR) is 256 cm³/mol. The number of urea groups is 2. The van der Waals surface area contributed by atoms with Crippen LogP contribution < -0.4 is 27.6 Å². The highest BCUT2D eigenvalue weighted by Crippen LogP contribution is 2.35. The van der Waals surface area contributed by atoms with Crippen LogP contribution in [0.5, 0.6) is 0 Å². The highest BCUT2D eigenvalue weighted by atomic mass is 16.7. The summed E-state index contributed by atoms with van der Waals surface area (Å²) in [6, 6.07) is -4.53. The van der Waals surface area contributed by atoms with Gasteiger partial charge in [0.25, 0.3) is 0 Å². The Balaban J connectivity index is 1.95. The first-order valence-electron chi connectivity index (χ1n) is 23.7. The number of carbonyl (C=O) groups excluding carboxylic acids is 3.